The van der Waals surface area contributed by atoms with Gasteiger partial charge in [-0.15, -0.1) is 0 Å². The van der Waals surface area contributed by atoms with Crippen molar-refractivity contribution in [3.63, 3.8) is 0 Å². The van der Waals surface area contributed by atoms with Gasteiger partial charge in [0.05, 0.1) is 42.9 Å². The summed E-state index contributed by atoms with van der Waals surface area (Å²) >= 11 is 0. The average Bonchev–Trinajstić information content (AvgIpc) is 3.40. The summed E-state index contributed by atoms with van der Waals surface area (Å²) in [6, 6.07) is 3.91. The number of hydrogen-bond donors (Lipinski definition) is 0. The lowest BCUT2D eigenvalue weighted by molar-refractivity contribution is 0.0256. The predicted molar refractivity (Wildman–Crippen MR) is 110 cm³/mol. The number of carbonyl (C=O) groups excluding carboxylic acids is 1. The molecule has 2 aliphatic rings. The van der Waals surface area contributed by atoms with E-state index in [-0.39, 0.29) is 31.0 Å². The zero-order valence-corrected chi connectivity index (χ0v) is 17.1. The van der Waals surface area contributed by atoms with Crippen LogP contribution in [0, 0.1) is 11.6 Å². The van der Waals surface area contributed by atoms with E-state index in [2.05, 4.69) is 20.2 Å². The van der Waals surface area contributed by atoms with Gasteiger partial charge in [0.1, 0.15) is 11.9 Å². The fourth-order valence-electron chi connectivity index (χ4n) is 3.75. The first-order valence-corrected chi connectivity index (χ1v) is 10.0. The number of aryl methyl sites for hydroxylation is 1. The normalized spacial score (nSPS) is 18.2. The molecule has 1 saturated heterocycles. The SMILES string of the molecule is Cn1nccc1-c1cc(OC2CN(C(=O)N3N=CCC3c3cncc(F)c3)C2)c(F)cn1. The van der Waals surface area contributed by atoms with E-state index in [0.29, 0.717) is 17.7 Å². The molecule has 0 spiro atoms. The first kappa shape index (κ1) is 20.0. The monoisotopic (exact) mass is 439 g/mol. The van der Waals surface area contributed by atoms with Crippen molar-refractivity contribution in [1.82, 2.24) is 29.7 Å². The summed E-state index contributed by atoms with van der Waals surface area (Å²) in [5.41, 5.74) is 1.84. The Hall–Kier alpha value is -3.89. The molecule has 0 aromatic carbocycles. The topological polar surface area (TPSA) is 88.7 Å². The molecule has 3 aromatic rings. The van der Waals surface area contributed by atoms with Gasteiger partial charge in [-0.3, -0.25) is 14.6 Å². The molecule has 9 nitrogen and oxygen atoms in total. The third-order valence-corrected chi connectivity index (χ3v) is 5.45. The molecule has 0 N–H and O–H groups in total. The fourth-order valence-corrected chi connectivity index (χ4v) is 3.75. The number of nitrogens with zero attached hydrogens (tertiary/aromatic N) is 7. The summed E-state index contributed by atoms with van der Waals surface area (Å²) in [4.78, 5) is 22.4. The Morgan fingerprint density at radius 1 is 1.19 bits per heavy atom. The molecule has 1 atom stereocenters. The maximum atomic E-state index is 14.3. The highest BCUT2D eigenvalue weighted by Crippen LogP contribution is 2.31. The van der Waals surface area contributed by atoms with Gasteiger partial charge < -0.3 is 9.64 Å². The second-order valence-corrected chi connectivity index (χ2v) is 7.60. The van der Waals surface area contributed by atoms with Crippen LogP contribution in [0.4, 0.5) is 13.6 Å². The van der Waals surface area contributed by atoms with Crippen molar-refractivity contribution >= 4 is 12.2 Å². The van der Waals surface area contributed by atoms with Crippen molar-refractivity contribution < 1.29 is 18.3 Å². The first-order valence-electron chi connectivity index (χ1n) is 10.0. The molecular formula is C21H19F2N7O2. The van der Waals surface area contributed by atoms with Crippen molar-refractivity contribution in [2.75, 3.05) is 13.1 Å². The largest absolute Gasteiger partial charge is 0.483 e. The van der Waals surface area contributed by atoms with Crippen molar-refractivity contribution in [1.29, 1.82) is 0 Å². The van der Waals surface area contributed by atoms with Gasteiger partial charge in [0.2, 0.25) is 0 Å². The lowest BCUT2D eigenvalue weighted by Crippen LogP contribution is -2.58. The van der Waals surface area contributed by atoms with Gasteiger partial charge >= 0.3 is 6.03 Å². The van der Waals surface area contributed by atoms with Gasteiger partial charge in [-0.2, -0.15) is 10.2 Å². The summed E-state index contributed by atoms with van der Waals surface area (Å²) in [6.45, 7) is 0.559. The number of ether oxygens (including phenoxy) is 1. The minimum absolute atomic E-state index is 0.0659. The van der Waals surface area contributed by atoms with E-state index in [1.165, 1.54) is 23.3 Å². The van der Waals surface area contributed by atoms with Crippen molar-refractivity contribution in [3.8, 4) is 17.1 Å². The lowest BCUT2D eigenvalue weighted by Gasteiger charge is -2.41. The van der Waals surface area contributed by atoms with Crippen LogP contribution in [0.5, 0.6) is 5.75 Å². The molecule has 1 unspecified atom stereocenters. The molecule has 5 heterocycles. The van der Waals surface area contributed by atoms with E-state index in [1.54, 1.807) is 35.1 Å². The number of pyridine rings is 2. The zero-order valence-electron chi connectivity index (χ0n) is 17.1. The van der Waals surface area contributed by atoms with Crippen LogP contribution in [0.15, 0.2) is 48.1 Å². The summed E-state index contributed by atoms with van der Waals surface area (Å²) in [5.74, 6) is -0.983. The molecule has 5 rings (SSSR count). The van der Waals surface area contributed by atoms with Gasteiger partial charge in [-0.05, 0) is 17.7 Å². The Kier molecular flexibility index (Phi) is 5.00. The third-order valence-electron chi connectivity index (χ3n) is 5.45. The van der Waals surface area contributed by atoms with Gasteiger partial charge in [0, 0.05) is 38.1 Å². The molecule has 2 amide bonds. The summed E-state index contributed by atoms with van der Waals surface area (Å²) in [5, 5.41) is 9.56. The smallest absolute Gasteiger partial charge is 0.341 e. The van der Waals surface area contributed by atoms with Crippen molar-refractivity contribution in [2.24, 2.45) is 12.1 Å². The Bertz CT molecular complexity index is 1190. The fraction of sp³-hybridized carbons (Fsp3) is 0.286. The Morgan fingerprint density at radius 3 is 2.78 bits per heavy atom. The van der Waals surface area contributed by atoms with Gasteiger partial charge in [-0.25, -0.2) is 18.6 Å². The van der Waals surface area contributed by atoms with Crippen LogP contribution in [0.3, 0.4) is 0 Å². The molecule has 0 aliphatic carbocycles. The maximum absolute atomic E-state index is 14.3. The Labute approximate surface area is 181 Å². The second kappa shape index (κ2) is 7.98. The van der Waals surface area contributed by atoms with Gasteiger partial charge in [0.15, 0.2) is 11.6 Å². The van der Waals surface area contributed by atoms with Crippen LogP contribution in [0.1, 0.15) is 18.0 Å². The minimum Gasteiger partial charge on any atom is -0.483 e. The summed E-state index contributed by atoms with van der Waals surface area (Å²) in [7, 11) is 1.77. The summed E-state index contributed by atoms with van der Waals surface area (Å²) < 4.78 is 35.2. The van der Waals surface area contributed by atoms with Crippen LogP contribution in [-0.2, 0) is 7.05 Å². The van der Waals surface area contributed by atoms with Crippen molar-refractivity contribution in [2.45, 2.75) is 18.6 Å². The highest BCUT2D eigenvalue weighted by Gasteiger charge is 2.39. The molecule has 0 radical (unpaired) electrons. The molecule has 32 heavy (non-hydrogen) atoms. The molecular weight excluding hydrogens is 420 g/mol. The number of amides is 2. The number of rotatable bonds is 4. The Balaban J connectivity index is 1.23. The molecule has 11 heteroatoms. The van der Waals surface area contributed by atoms with E-state index in [1.807, 2.05) is 0 Å². The van der Waals surface area contributed by atoms with Crippen molar-refractivity contribution in [3.05, 3.63) is 60.2 Å². The second-order valence-electron chi connectivity index (χ2n) is 7.60. The van der Waals surface area contributed by atoms with Gasteiger partial charge in [-0.1, -0.05) is 0 Å². The maximum Gasteiger partial charge on any atom is 0.341 e. The molecule has 1 fully saturated rings. The quantitative estimate of drug-likeness (QED) is 0.624. The highest BCUT2D eigenvalue weighted by molar-refractivity contribution is 5.79. The number of likely N-dealkylation sites (tertiary alicyclic amines) is 1. The van der Waals surface area contributed by atoms with Crippen LogP contribution >= 0.6 is 0 Å². The number of urea groups is 1. The van der Waals surface area contributed by atoms with Crippen LogP contribution < -0.4 is 4.74 Å². The molecule has 0 bridgehead atoms. The third kappa shape index (κ3) is 3.66. The van der Waals surface area contributed by atoms with Crippen LogP contribution in [0.25, 0.3) is 11.4 Å². The average molecular weight is 439 g/mol. The van der Waals surface area contributed by atoms with E-state index >= 15 is 0 Å². The summed E-state index contributed by atoms with van der Waals surface area (Å²) in [6.07, 6.45) is 7.10. The zero-order chi connectivity index (χ0) is 22.2. The lowest BCUT2D eigenvalue weighted by atomic mass is 10.1. The Morgan fingerprint density at radius 2 is 2.03 bits per heavy atom. The molecule has 3 aromatic heterocycles. The highest BCUT2D eigenvalue weighted by atomic mass is 19.1. The number of hydrazone groups is 1. The molecule has 164 valence electrons. The molecule has 2 aliphatic heterocycles. The van der Waals surface area contributed by atoms with E-state index < -0.39 is 17.7 Å². The van der Waals surface area contributed by atoms with Crippen LogP contribution in [-0.4, -0.2) is 61.1 Å². The van der Waals surface area contributed by atoms with Crippen LogP contribution in [0.2, 0.25) is 0 Å². The minimum atomic E-state index is -0.580. The van der Waals surface area contributed by atoms with Gasteiger partial charge in [0.25, 0.3) is 0 Å². The van der Waals surface area contributed by atoms with E-state index in [0.717, 1.165) is 18.1 Å². The predicted octanol–water partition coefficient (Wildman–Crippen LogP) is 2.77. The van der Waals surface area contributed by atoms with E-state index in [4.69, 9.17) is 4.74 Å². The molecule has 0 saturated carbocycles. The van der Waals surface area contributed by atoms with E-state index in [9.17, 15) is 13.6 Å². The first-order chi connectivity index (χ1) is 15.5. The number of hydrogen-bond acceptors (Lipinski definition) is 6. The number of halogens is 2. The standard InChI is InChI=1S/C21H19F2N7O2/c1-28-19(3-4-26-28)17-7-20(16(23)10-25-17)32-15-11-29(12-15)21(31)30-18(2-5-27-30)13-6-14(22)9-24-8-13/h3-10,15,18H,2,11-12H2,1H3. The number of carbonyl (C=O) groups is 1. The number of aromatic nitrogens is 4.